The lowest BCUT2D eigenvalue weighted by atomic mass is 10.0. The SMILES string of the molecule is [CH2]C[C@@H]1C[C@@H]2CN(c3ccc(Br)cn3)C[C@@H]2C1. The van der Waals surface area contributed by atoms with E-state index in [4.69, 9.17) is 0 Å². The van der Waals surface area contributed by atoms with Crippen molar-refractivity contribution in [2.24, 2.45) is 17.8 Å². The van der Waals surface area contributed by atoms with Crippen LogP contribution in [0.15, 0.2) is 22.8 Å². The van der Waals surface area contributed by atoms with E-state index in [1.807, 2.05) is 6.20 Å². The summed E-state index contributed by atoms with van der Waals surface area (Å²) in [6.07, 6.45) is 5.76. The van der Waals surface area contributed by atoms with Crippen LogP contribution in [0.5, 0.6) is 0 Å². The summed E-state index contributed by atoms with van der Waals surface area (Å²) < 4.78 is 1.05. The van der Waals surface area contributed by atoms with Crippen molar-refractivity contribution < 1.29 is 0 Å². The molecule has 1 saturated carbocycles. The third kappa shape index (κ3) is 2.22. The summed E-state index contributed by atoms with van der Waals surface area (Å²) in [5.74, 6) is 3.78. The van der Waals surface area contributed by atoms with E-state index in [0.29, 0.717) is 0 Å². The molecule has 0 bridgehead atoms. The molecule has 2 fully saturated rings. The van der Waals surface area contributed by atoms with E-state index in [1.54, 1.807) is 0 Å². The minimum Gasteiger partial charge on any atom is -0.356 e. The van der Waals surface area contributed by atoms with Crippen molar-refractivity contribution in [3.63, 3.8) is 0 Å². The molecule has 2 aliphatic rings. The topological polar surface area (TPSA) is 16.1 Å². The number of hydrogen-bond donors (Lipinski definition) is 0. The second-order valence-corrected chi connectivity index (χ2v) is 6.30. The maximum Gasteiger partial charge on any atom is 0.128 e. The average Bonchev–Trinajstić information content (AvgIpc) is 2.87. The normalized spacial score (nSPS) is 31.9. The number of anilines is 1. The zero-order chi connectivity index (χ0) is 11.8. The van der Waals surface area contributed by atoms with Gasteiger partial charge in [-0.25, -0.2) is 4.98 Å². The molecule has 3 rings (SSSR count). The molecule has 1 saturated heterocycles. The fourth-order valence-corrected chi connectivity index (χ4v) is 3.64. The number of halogens is 1. The lowest BCUT2D eigenvalue weighted by molar-refractivity contribution is 0.494. The fraction of sp³-hybridized carbons (Fsp3) is 0.571. The summed E-state index contributed by atoms with van der Waals surface area (Å²) in [7, 11) is 0. The first-order valence-corrected chi connectivity index (χ1v) is 7.21. The molecule has 1 aliphatic heterocycles. The monoisotopic (exact) mass is 293 g/mol. The van der Waals surface area contributed by atoms with Crippen LogP contribution in [0.25, 0.3) is 0 Å². The Morgan fingerprint density at radius 3 is 2.53 bits per heavy atom. The van der Waals surface area contributed by atoms with Gasteiger partial charge in [-0.15, -0.1) is 0 Å². The molecule has 0 aromatic carbocycles. The highest BCUT2D eigenvalue weighted by Crippen LogP contribution is 2.43. The van der Waals surface area contributed by atoms with Gasteiger partial charge in [0.15, 0.2) is 0 Å². The standard InChI is InChI=1S/C14H18BrN2/c1-2-10-5-11-8-17(9-12(11)6-10)14-4-3-13(15)7-16-14/h3-4,7,10-12H,1-2,5-6,8-9H2/t10-,11-,12+. The van der Waals surface area contributed by atoms with Gasteiger partial charge >= 0.3 is 0 Å². The Morgan fingerprint density at radius 2 is 2.00 bits per heavy atom. The molecular weight excluding hydrogens is 276 g/mol. The van der Waals surface area contributed by atoms with Gasteiger partial charge in [0.25, 0.3) is 0 Å². The Labute approximate surface area is 112 Å². The molecule has 91 valence electrons. The Balaban J connectivity index is 1.68. The first-order valence-electron chi connectivity index (χ1n) is 6.42. The highest BCUT2D eigenvalue weighted by atomic mass is 79.9. The molecule has 0 spiro atoms. The van der Waals surface area contributed by atoms with Gasteiger partial charge in [0.1, 0.15) is 5.82 Å². The van der Waals surface area contributed by atoms with Gasteiger partial charge in [-0.1, -0.05) is 13.3 Å². The van der Waals surface area contributed by atoms with Crippen LogP contribution in [0.1, 0.15) is 19.3 Å². The molecular formula is C14H18BrN2. The van der Waals surface area contributed by atoms with Crippen molar-refractivity contribution in [1.82, 2.24) is 4.98 Å². The molecule has 3 atom stereocenters. The van der Waals surface area contributed by atoms with Crippen LogP contribution in [0.2, 0.25) is 0 Å². The predicted molar refractivity (Wildman–Crippen MR) is 73.8 cm³/mol. The summed E-state index contributed by atoms with van der Waals surface area (Å²) in [5, 5.41) is 0. The van der Waals surface area contributed by atoms with Crippen LogP contribution in [0, 0.1) is 24.7 Å². The van der Waals surface area contributed by atoms with E-state index >= 15 is 0 Å². The summed E-state index contributed by atoms with van der Waals surface area (Å²) >= 11 is 3.43. The molecule has 2 nitrogen and oxygen atoms in total. The maximum absolute atomic E-state index is 4.49. The fourth-order valence-electron chi connectivity index (χ4n) is 3.40. The average molecular weight is 294 g/mol. The quantitative estimate of drug-likeness (QED) is 0.829. The molecule has 0 unspecified atom stereocenters. The highest BCUT2D eigenvalue weighted by Gasteiger charge is 2.40. The van der Waals surface area contributed by atoms with E-state index in [-0.39, 0.29) is 0 Å². The lowest BCUT2D eigenvalue weighted by Gasteiger charge is -2.19. The van der Waals surface area contributed by atoms with Crippen LogP contribution in [0.4, 0.5) is 5.82 Å². The zero-order valence-corrected chi connectivity index (χ0v) is 11.6. The van der Waals surface area contributed by atoms with Gasteiger partial charge in [0.05, 0.1) is 0 Å². The molecule has 1 aliphatic carbocycles. The maximum atomic E-state index is 4.49. The molecule has 17 heavy (non-hydrogen) atoms. The summed E-state index contributed by atoms with van der Waals surface area (Å²) in [6.45, 7) is 6.43. The van der Waals surface area contributed by atoms with Crippen molar-refractivity contribution in [3.05, 3.63) is 29.7 Å². The molecule has 1 aromatic rings. The van der Waals surface area contributed by atoms with Crippen LogP contribution >= 0.6 is 15.9 Å². The Hall–Kier alpha value is -0.570. The first kappa shape index (κ1) is 11.5. The van der Waals surface area contributed by atoms with E-state index in [9.17, 15) is 0 Å². The van der Waals surface area contributed by atoms with Crippen molar-refractivity contribution in [1.29, 1.82) is 0 Å². The van der Waals surface area contributed by atoms with Gasteiger partial charge in [-0.2, -0.15) is 0 Å². The number of fused-ring (bicyclic) bond motifs is 1. The smallest absolute Gasteiger partial charge is 0.128 e. The zero-order valence-electron chi connectivity index (χ0n) is 9.98. The van der Waals surface area contributed by atoms with Crippen molar-refractivity contribution in [3.8, 4) is 0 Å². The second kappa shape index (κ2) is 4.60. The van der Waals surface area contributed by atoms with Crippen LogP contribution in [0.3, 0.4) is 0 Å². The van der Waals surface area contributed by atoms with Crippen LogP contribution in [-0.2, 0) is 0 Å². The molecule has 0 amide bonds. The number of aromatic nitrogens is 1. The summed E-state index contributed by atoms with van der Waals surface area (Å²) in [6, 6.07) is 4.19. The van der Waals surface area contributed by atoms with Crippen molar-refractivity contribution >= 4 is 21.7 Å². The van der Waals surface area contributed by atoms with Gasteiger partial charge < -0.3 is 4.90 Å². The number of rotatable bonds is 2. The highest BCUT2D eigenvalue weighted by molar-refractivity contribution is 9.10. The van der Waals surface area contributed by atoms with Gasteiger partial charge in [0, 0.05) is 23.8 Å². The number of pyridine rings is 1. The van der Waals surface area contributed by atoms with Crippen molar-refractivity contribution in [2.45, 2.75) is 19.3 Å². The third-order valence-corrected chi connectivity index (χ3v) is 4.76. The largest absolute Gasteiger partial charge is 0.356 e. The first-order chi connectivity index (χ1) is 8.26. The molecule has 3 heteroatoms. The van der Waals surface area contributed by atoms with E-state index in [1.165, 1.54) is 25.9 Å². The van der Waals surface area contributed by atoms with Gasteiger partial charge in [-0.3, -0.25) is 0 Å². The predicted octanol–water partition coefficient (Wildman–Crippen LogP) is 3.53. The molecule has 1 aromatic heterocycles. The summed E-state index contributed by atoms with van der Waals surface area (Å²) in [4.78, 5) is 6.94. The van der Waals surface area contributed by atoms with E-state index < -0.39 is 0 Å². The number of nitrogens with zero attached hydrogens (tertiary/aromatic N) is 2. The van der Waals surface area contributed by atoms with Crippen LogP contribution < -0.4 is 4.90 Å². The Kier molecular flexibility index (Phi) is 3.12. The Morgan fingerprint density at radius 1 is 1.29 bits per heavy atom. The molecule has 0 N–H and O–H groups in total. The second-order valence-electron chi connectivity index (χ2n) is 5.39. The van der Waals surface area contributed by atoms with Gasteiger partial charge in [-0.05, 0) is 58.7 Å². The lowest BCUT2D eigenvalue weighted by Crippen LogP contribution is -2.22. The molecule has 2 heterocycles. The molecule has 1 radical (unpaired) electrons. The van der Waals surface area contributed by atoms with E-state index in [2.05, 4.69) is 44.9 Å². The number of hydrogen-bond acceptors (Lipinski definition) is 2. The van der Waals surface area contributed by atoms with Gasteiger partial charge in [0.2, 0.25) is 0 Å². The Bertz CT molecular complexity index is 376. The van der Waals surface area contributed by atoms with Crippen LogP contribution in [-0.4, -0.2) is 18.1 Å². The third-order valence-electron chi connectivity index (χ3n) is 4.29. The minimum atomic E-state index is 0.880. The van der Waals surface area contributed by atoms with E-state index in [0.717, 1.165) is 34.5 Å². The summed E-state index contributed by atoms with van der Waals surface area (Å²) in [5.41, 5.74) is 0. The minimum absolute atomic E-state index is 0.880. The van der Waals surface area contributed by atoms with Crippen molar-refractivity contribution in [2.75, 3.05) is 18.0 Å².